The van der Waals surface area contributed by atoms with E-state index >= 15 is 0 Å². The second-order valence-corrected chi connectivity index (χ2v) is 3.47. The van der Waals surface area contributed by atoms with E-state index in [0.717, 1.165) is 10.2 Å². The Kier molecular flexibility index (Phi) is 2.58. The molecule has 0 atom stereocenters. The molecule has 0 saturated carbocycles. The van der Waals surface area contributed by atoms with Crippen molar-refractivity contribution in [1.29, 1.82) is 5.26 Å². The van der Waals surface area contributed by atoms with Crippen LogP contribution in [0.3, 0.4) is 0 Å². The number of benzene rings is 1. The Labute approximate surface area is 95.8 Å². The maximum atomic E-state index is 11.5. The number of rotatable bonds is 1. The van der Waals surface area contributed by atoms with Crippen LogP contribution in [-0.2, 0) is 0 Å². The van der Waals surface area contributed by atoms with Gasteiger partial charge in [0.05, 0.1) is 5.69 Å². The summed E-state index contributed by atoms with van der Waals surface area (Å²) in [6.45, 7) is 1.91. The molecule has 2 aromatic rings. The van der Waals surface area contributed by atoms with Gasteiger partial charge in [0.15, 0.2) is 0 Å². The summed E-state index contributed by atoms with van der Waals surface area (Å²) in [5.74, 6) is 0. The van der Waals surface area contributed by atoms with Crippen molar-refractivity contribution in [1.82, 2.24) is 14.8 Å². The number of aromatic nitrogens is 3. The second kappa shape index (κ2) is 4.06. The summed E-state index contributed by atoms with van der Waals surface area (Å²) in [6, 6.07) is 8.61. The van der Waals surface area contributed by atoms with E-state index < -0.39 is 11.2 Å². The van der Waals surface area contributed by atoms with Gasteiger partial charge in [0.1, 0.15) is 6.07 Å². The highest BCUT2D eigenvalue weighted by Crippen LogP contribution is 2.04. The molecule has 17 heavy (non-hydrogen) atoms. The maximum absolute atomic E-state index is 11.5. The highest BCUT2D eigenvalue weighted by Gasteiger charge is 2.06. The lowest BCUT2D eigenvalue weighted by molar-refractivity contribution is 0.740. The van der Waals surface area contributed by atoms with Crippen LogP contribution < -0.4 is 11.2 Å². The minimum absolute atomic E-state index is 0.342. The molecule has 0 aliphatic heterocycles. The smallest absolute Gasteiger partial charge is 0.270 e. The Balaban J connectivity index is 2.68. The van der Waals surface area contributed by atoms with Crippen molar-refractivity contribution in [2.24, 2.45) is 0 Å². The largest absolute Gasteiger partial charge is 0.349 e. The van der Waals surface area contributed by atoms with E-state index in [1.54, 1.807) is 30.3 Å². The molecule has 0 unspecified atom stereocenters. The lowest BCUT2D eigenvalue weighted by Crippen LogP contribution is -2.33. The molecule has 0 aliphatic carbocycles. The van der Waals surface area contributed by atoms with Crippen molar-refractivity contribution in [2.75, 3.05) is 0 Å². The van der Waals surface area contributed by atoms with Crippen LogP contribution >= 0.6 is 0 Å². The SMILES string of the molecule is Cc1ccc(-n2nc(C#N)c(=O)[nH]c2=O)cc1. The number of nitriles is 1. The molecule has 2 rings (SSSR count). The number of H-pyrrole nitrogens is 1. The molecule has 0 fully saturated rings. The number of nitrogens with zero attached hydrogens (tertiary/aromatic N) is 3. The third kappa shape index (κ3) is 1.99. The summed E-state index contributed by atoms with van der Waals surface area (Å²) in [5.41, 5.74) is -0.260. The van der Waals surface area contributed by atoms with Gasteiger partial charge in [-0.15, -0.1) is 5.10 Å². The van der Waals surface area contributed by atoms with Crippen LogP contribution in [0.5, 0.6) is 0 Å². The predicted molar refractivity (Wildman–Crippen MR) is 59.9 cm³/mol. The third-order valence-electron chi connectivity index (χ3n) is 2.21. The molecule has 1 aromatic carbocycles. The molecule has 1 aromatic heterocycles. The van der Waals surface area contributed by atoms with Crippen molar-refractivity contribution in [2.45, 2.75) is 6.92 Å². The Morgan fingerprint density at radius 2 is 1.94 bits per heavy atom. The second-order valence-electron chi connectivity index (χ2n) is 3.47. The standard InChI is InChI=1S/C11H8N4O2/c1-7-2-4-8(5-3-7)15-11(17)13-10(16)9(6-12)14-15/h2-5H,1H3,(H,13,16,17). The van der Waals surface area contributed by atoms with Gasteiger partial charge < -0.3 is 0 Å². The maximum Gasteiger partial charge on any atom is 0.349 e. The lowest BCUT2D eigenvalue weighted by Gasteiger charge is -2.03. The molecule has 1 heterocycles. The molecule has 1 N–H and O–H groups in total. The number of aryl methyl sites for hydroxylation is 1. The average Bonchev–Trinajstić information content (AvgIpc) is 2.31. The molecule has 0 radical (unpaired) electrons. The first-order chi connectivity index (χ1) is 8.11. The van der Waals surface area contributed by atoms with E-state index in [4.69, 9.17) is 5.26 Å². The van der Waals surface area contributed by atoms with Crippen molar-refractivity contribution in [3.8, 4) is 11.8 Å². The van der Waals surface area contributed by atoms with Gasteiger partial charge >= 0.3 is 5.69 Å². The molecule has 0 amide bonds. The van der Waals surface area contributed by atoms with Gasteiger partial charge in [-0.25, -0.2) is 4.79 Å². The normalized spacial score (nSPS) is 9.88. The van der Waals surface area contributed by atoms with Gasteiger partial charge in [-0.3, -0.25) is 9.78 Å². The summed E-state index contributed by atoms with van der Waals surface area (Å²) >= 11 is 0. The zero-order chi connectivity index (χ0) is 12.4. The van der Waals surface area contributed by atoms with E-state index in [0.29, 0.717) is 5.69 Å². The van der Waals surface area contributed by atoms with Gasteiger partial charge in [-0.05, 0) is 19.1 Å². The van der Waals surface area contributed by atoms with Crippen molar-refractivity contribution in [3.63, 3.8) is 0 Å². The van der Waals surface area contributed by atoms with Crippen molar-refractivity contribution < 1.29 is 0 Å². The number of nitrogens with one attached hydrogen (secondary N) is 1. The van der Waals surface area contributed by atoms with E-state index in [1.807, 2.05) is 11.9 Å². The average molecular weight is 228 g/mol. The minimum atomic E-state index is -0.777. The quantitative estimate of drug-likeness (QED) is 0.749. The summed E-state index contributed by atoms with van der Waals surface area (Å²) in [6.07, 6.45) is 0. The van der Waals surface area contributed by atoms with Crippen LogP contribution in [0.1, 0.15) is 11.3 Å². The Morgan fingerprint density at radius 1 is 1.29 bits per heavy atom. The Morgan fingerprint density at radius 3 is 2.53 bits per heavy atom. The van der Waals surface area contributed by atoms with Gasteiger partial charge in [-0.2, -0.15) is 9.94 Å². The molecule has 6 heteroatoms. The molecule has 84 valence electrons. The third-order valence-corrected chi connectivity index (χ3v) is 2.21. The van der Waals surface area contributed by atoms with E-state index in [9.17, 15) is 9.59 Å². The van der Waals surface area contributed by atoms with Gasteiger partial charge in [0.2, 0.25) is 5.69 Å². The summed E-state index contributed by atoms with van der Waals surface area (Å²) in [7, 11) is 0. The van der Waals surface area contributed by atoms with Crippen LogP contribution in [-0.4, -0.2) is 14.8 Å². The topological polar surface area (TPSA) is 91.5 Å². The summed E-state index contributed by atoms with van der Waals surface area (Å²) in [4.78, 5) is 24.7. The fraction of sp³-hybridized carbons (Fsp3) is 0.0909. The van der Waals surface area contributed by atoms with E-state index in [1.165, 1.54) is 0 Å². The summed E-state index contributed by atoms with van der Waals surface area (Å²) in [5, 5.41) is 12.4. The zero-order valence-electron chi connectivity index (χ0n) is 8.97. The van der Waals surface area contributed by atoms with Crippen LogP contribution in [0.25, 0.3) is 5.69 Å². The molecule has 0 spiro atoms. The lowest BCUT2D eigenvalue weighted by atomic mass is 10.2. The molecular formula is C11H8N4O2. The molecular weight excluding hydrogens is 220 g/mol. The van der Waals surface area contributed by atoms with Gasteiger partial charge in [0, 0.05) is 0 Å². The first-order valence-corrected chi connectivity index (χ1v) is 4.82. The van der Waals surface area contributed by atoms with Crippen molar-refractivity contribution >= 4 is 0 Å². The van der Waals surface area contributed by atoms with Crippen molar-refractivity contribution in [3.05, 3.63) is 56.4 Å². The monoisotopic (exact) mass is 228 g/mol. The van der Waals surface area contributed by atoms with Crippen LogP contribution in [0, 0.1) is 18.3 Å². The number of hydrogen-bond acceptors (Lipinski definition) is 4. The highest BCUT2D eigenvalue weighted by atomic mass is 16.2. The predicted octanol–water partition coefficient (Wildman–Crippen LogP) is 0.101. The first kappa shape index (κ1) is 10.8. The van der Waals surface area contributed by atoms with Gasteiger partial charge in [-0.1, -0.05) is 17.7 Å². The first-order valence-electron chi connectivity index (χ1n) is 4.82. The number of aromatic amines is 1. The molecule has 0 saturated heterocycles. The van der Waals surface area contributed by atoms with E-state index in [-0.39, 0.29) is 5.69 Å². The molecule has 0 aliphatic rings. The van der Waals surface area contributed by atoms with Gasteiger partial charge in [0.25, 0.3) is 5.56 Å². The minimum Gasteiger partial charge on any atom is -0.270 e. The summed E-state index contributed by atoms with van der Waals surface area (Å²) < 4.78 is 0.986. The van der Waals surface area contributed by atoms with E-state index in [2.05, 4.69) is 5.10 Å². The number of hydrogen-bond donors (Lipinski definition) is 1. The fourth-order valence-electron chi connectivity index (χ4n) is 1.33. The van der Waals surface area contributed by atoms with Crippen LogP contribution in [0.2, 0.25) is 0 Å². The van der Waals surface area contributed by atoms with Crippen LogP contribution in [0.4, 0.5) is 0 Å². The highest BCUT2D eigenvalue weighted by molar-refractivity contribution is 5.33. The zero-order valence-corrected chi connectivity index (χ0v) is 8.97. The Hall–Kier alpha value is -2.68. The van der Waals surface area contributed by atoms with Crippen LogP contribution in [0.15, 0.2) is 33.9 Å². The Bertz CT molecular complexity index is 704. The molecule has 6 nitrogen and oxygen atoms in total. The fourth-order valence-corrected chi connectivity index (χ4v) is 1.33. The molecule has 0 bridgehead atoms.